The Balaban J connectivity index is 1.25. The highest BCUT2D eigenvalue weighted by Crippen LogP contribution is 2.35. The van der Waals surface area contributed by atoms with Crippen LogP contribution in [0.4, 0.5) is 28.4 Å². The topological polar surface area (TPSA) is 76.4 Å². The Morgan fingerprint density at radius 2 is 1.23 bits per heavy atom. The molecule has 0 radical (unpaired) electrons. The Labute approximate surface area is 283 Å². The summed E-state index contributed by atoms with van der Waals surface area (Å²) in [5, 5.41) is 15.8. The summed E-state index contributed by atoms with van der Waals surface area (Å²) in [6.45, 7) is 1.63. The lowest BCUT2D eigenvalue weighted by atomic mass is 10.1. The second kappa shape index (κ2) is 14.3. The van der Waals surface area contributed by atoms with Gasteiger partial charge in [0, 0.05) is 17.1 Å². The first kappa shape index (κ1) is 31.5. The van der Waals surface area contributed by atoms with Crippen LogP contribution in [0.2, 0.25) is 0 Å². The Kier molecular flexibility index (Phi) is 9.56. The van der Waals surface area contributed by atoms with E-state index < -0.39 is 18.4 Å². The number of carboxylic acid groups (broad SMARTS) is 1. The fourth-order valence-electron chi connectivity index (χ4n) is 5.04. The summed E-state index contributed by atoms with van der Waals surface area (Å²) < 4.78 is 0.237. The molecule has 1 aliphatic rings. The lowest BCUT2D eigenvalue weighted by Gasteiger charge is -2.25. The van der Waals surface area contributed by atoms with Crippen LogP contribution in [0.25, 0.3) is 6.08 Å². The minimum atomic E-state index is -1.11. The second-order valence-corrected chi connectivity index (χ2v) is 12.4. The number of thiocarbonyl (C=S) groups is 1. The largest absolute Gasteiger partial charge is 0.480 e. The number of thioether (sulfide) groups is 1. The molecule has 1 fully saturated rings. The number of nitrogens with zero attached hydrogens (tertiary/aromatic N) is 4. The normalized spacial score (nSPS) is 13.8. The number of anilines is 5. The third kappa shape index (κ3) is 7.49. The summed E-state index contributed by atoms with van der Waals surface area (Å²) in [7, 11) is 0. The fraction of sp³-hybridized carbons (Fsp3) is 0.0526. The third-order valence-corrected chi connectivity index (χ3v) is 8.76. The average Bonchev–Trinajstić information content (AvgIpc) is 3.35. The van der Waals surface area contributed by atoms with Gasteiger partial charge in [0.15, 0.2) is 0 Å². The maximum Gasteiger partial charge on any atom is 0.323 e. The summed E-state index contributed by atoms with van der Waals surface area (Å²) in [5.41, 5.74) is 7.83. The first-order chi connectivity index (χ1) is 22.9. The summed E-state index contributed by atoms with van der Waals surface area (Å²) in [4.78, 5) is 27.6. The number of carbonyl (C=O) groups excluding carboxylic acids is 1. The van der Waals surface area contributed by atoms with Crippen LogP contribution in [0.1, 0.15) is 16.7 Å². The number of amides is 1. The number of aryl methyl sites for hydroxylation is 1. The quantitative estimate of drug-likeness (QED) is 0.0698. The van der Waals surface area contributed by atoms with Crippen molar-refractivity contribution < 1.29 is 14.7 Å². The summed E-state index contributed by atoms with van der Waals surface area (Å²) >= 11 is 6.32. The summed E-state index contributed by atoms with van der Waals surface area (Å²) in [5.74, 6) is -1.51. The molecule has 6 rings (SSSR count). The summed E-state index contributed by atoms with van der Waals surface area (Å²) in [6.07, 6.45) is 3.55. The number of benzene rings is 5. The smallest absolute Gasteiger partial charge is 0.323 e. The van der Waals surface area contributed by atoms with Crippen molar-refractivity contribution in [1.82, 2.24) is 4.90 Å². The van der Waals surface area contributed by atoms with Gasteiger partial charge in [0.05, 0.1) is 22.5 Å². The number of rotatable bonds is 10. The van der Waals surface area contributed by atoms with Crippen molar-refractivity contribution in [2.24, 2.45) is 5.10 Å². The first-order valence-corrected chi connectivity index (χ1v) is 16.1. The molecule has 0 atom stereocenters. The Hall–Kier alpha value is -5.51. The molecule has 0 aliphatic carbocycles. The molecule has 5 aromatic carbocycles. The standard InChI is InChI=1S/C38H30N4O3S2/c1-27-12-18-31(19-13-27)41(30-8-4-2-5-9-30)32-20-16-29(17-21-32)25-39-42(33-10-6-3-7-11-33)34-22-14-28(15-23-34)24-35-37(45)40(26-36(43)44)38(46)47-35/h2-25H,26H2,1H3,(H,43,44)/b35-24-,39-25+. The molecule has 0 aromatic heterocycles. The highest BCUT2D eigenvalue weighted by atomic mass is 32.2. The van der Waals surface area contributed by atoms with Gasteiger partial charge >= 0.3 is 5.97 Å². The van der Waals surface area contributed by atoms with E-state index in [2.05, 4.69) is 72.5 Å². The van der Waals surface area contributed by atoms with Crippen LogP contribution in [-0.2, 0) is 9.59 Å². The molecular weight excluding hydrogens is 625 g/mol. The lowest BCUT2D eigenvalue weighted by molar-refractivity contribution is -0.140. The van der Waals surface area contributed by atoms with Crippen LogP contribution < -0.4 is 9.91 Å². The highest BCUT2D eigenvalue weighted by Gasteiger charge is 2.33. The third-order valence-electron chi connectivity index (χ3n) is 7.38. The fourth-order valence-corrected chi connectivity index (χ4v) is 6.29. The Bertz CT molecular complexity index is 1950. The molecule has 1 amide bonds. The maximum absolute atomic E-state index is 12.7. The monoisotopic (exact) mass is 654 g/mol. The van der Waals surface area contributed by atoms with E-state index in [4.69, 9.17) is 22.4 Å². The molecule has 1 heterocycles. The van der Waals surface area contributed by atoms with Gasteiger partial charge in [-0.1, -0.05) is 102 Å². The number of hydrazone groups is 1. The van der Waals surface area contributed by atoms with Crippen molar-refractivity contribution in [1.29, 1.82) is 0 Å². The Morgan fingerprint density at radius 1 is 0.745 bits per heavy atom. The molecule has 1 saturated heterocycles. The lowest BCUT2D eigenvalue weighted by Crippen LogP contribution is -2.33. The van der Waals surface area contributed by atoms with Gasteiger partial charge in [0.1, 0.15) is 10.9 Å². The van der Waals surface area contributed by atoms with Gasteiger partial charge in [0.2, 0.25) is 0 Å². The minimum absolute atomic E-state index is 0.237. The van der Waals surface area contributed by atoms with Gasteiger partial charge in [-0.2, -0.15) is 5.10 Å². The number of para-hydroxylation sites is 2. The first-order valence-electron chi connectivity index (χ1n) is 14.8. The predicted molar refractivity (Wildman–Crippen MR) is 196 cm³/mol. The van der Waals surface area contributed by atoms with Gasteiger partial charge in [-0.25, -0.2) is 5.01 Å². The number of aliphatic carboxylic acids is 1. The van der Waals surface area contributed by atoms with Crippen molar-refractivity contribution in [3.63, 3.8) is 0 Å². The van der Waals surface area contributed by atoms with Crippen LogP contribution in [0.5, 0.6) is 0 Å². The van der Waals surface area contributed by atoms with Crippen LogP contribution >= 0.6 is 24.0 Å². The zero-order chi connectivity index (χ0) is 32.8. The zero-order valence-electron chi connectivity index (χ0n) is 25.4. The number of hydrogen-bond acceptors (Lipinski definition) is 7. The van der Waals surface area contributed by atoms with Crippen molar-refractivity contribution in [2.45, 2.75) is 6.92 Å². The second-order valence-electron chi connectivity index (χ2n) is 10.7. The van der Waals surface area contributed by atoms with E-state index >= 15 is 0 Å². The molecule has 1 aliphatic heterocycles. The van der Waals surface area contributed by atoms with E-state index in [0.717, 1.165) is 56.2 Å². The molecule has 7 nitrogen and oxygen atoms in total. The number of hydrogen-bond donors (Lipinski definition) is 1. The van der Waals surface area contributed by atoms with E-state index in [0.29, 0.717) is 4.91 Å². The van der Waals surface area contributed by atoms with Crippen LogP contribution in [0.15, 0.2) is 143 Å². The minimum Gasteiger partial charge on any atom is -0.480 e. The number of carbonyl (C=O) groups is 2. The molecule has 47 heavy (non-hydrogen) atoms. The predicted octanol–water partition coefficient (Wildman–Crippen LogP) is 8.92. The van der Waals surface area contributed by atoms with Gasteiger partial charge in [-0.05, 0) is 84.8 Å². The van der Waals surface area contributed by atoms with Gasteiger partial charge < -0.3 is 10.0 Å². The van der Waals surface area contributed by atoms with Crippen molar-refractivity contribution >= 4 is 80.9 Å². The van der Waals surface area contributed by atoms with E-state index in [9.17, 15) is 9.59 Å². The molecule has 9 heteroatoms. The van der Waals surface area contributed by atoms with E-state index in [1.165, 1.54) is 5.56 Å². The molecule has 5 aromatic rings. The van der Waals surface area contributed by atoms with Crippen LogP contribution in [0, 0.1) is 6.92 Å². The van der Waals surface area contributed by atoms with Crippen molar-refractivity contribution in [3.8, 4) is 0 Å². The molecule has 0 bridgehead atoms. The highest BCUT2D eigenvalue weighted by molar-refractivity contribution is 8.26. The van der Waals surface area contributed by atoms with Crippen molar-refractivity contribution in [3.05, 3.63) is 155 Å². The van der Waals surface area contributed by atoms with Gasteiger partial charge in [-0.15, -0.1) is 0 Å². The van der Waals surface area contributed by atoms with E-state index in [-0.39, 0.29) is 4.32 Å². The zero-order valence-corrected chi connectivity index (χ0v) is 27.1. The molecule has 1 N–H and O–H groups in total. The molecule has 0 unspecified atom stereocenters. The number of carboxylic acids is 1. The summed E-state index contributed by atoms with van der Waals surface area (Å²) in [6, 6.07) is 44.6. The molecule has 0 spiro atoms. The van der Waals surface area contributed by atoms with E-state index in [1.807, 2.05) is 84.0 Å². The Morgan fingerprint density at radius 3 is 1.83 bits per heavy atom. The maximum atomic E-state index is 12.7. The SMILES string of the molecule is Cc1ccc(N(c2ccccc2)c2ccc(/C=N/N(c3ccccc3)c3ccc(/C=C4\SC(=S)N(CC(=O)O)C4=O)cc3)cc2)cc1. The van der Waals surface area contributed by atoms with Crippen LogP contribution in [0.3, 0.4) is 0 Å². The van der Waals surface area contributed by atoms with Crippen molar-refractivity contribution in [2.75, 3.05) is 16.5 Å². The molecular formula is C38H30N4O3S2. The van der Waals surface area contributed by atoms with Gasteiger partial charge in [0.25, 0.3) is 5.91 Å². The average molecular weight is 655 g/mol. The van der Waals surface area contributed by atoms with E-state index in [1.54, 1.807) is 6.08 Å². The van der Waals surface area contributed by atoms with Gasteiger partial charge in [-0.3, -0.25) is 14.5 Å². The molecule has 0 saturated carbocycles. The van der Waals surface area contributed by atoms with Crippen LogP contribution in [-0.4, -0.2) is 39.0 Å². The molecule has 232 valence electrons.